The van der Waals surface area contributed by atoms with Crippen LogP contribution in [0.5, 0.6) is 0 Å². The minimum absolute atomic E-state index is 0.124. The molecule has 1 aromatic heterocycles. The van der Waals surface area contributed by atoms with Crippen LogP contribution in [0.4, 0.5) is 0 Å². The Morgan fingerprint density at radius 3 is 3.11 bits per heavy atom. The maximum atomic E-state index is 12.1. The monoisotopic (exact) mass is 244 g/mol. The minimum atomic E-state index is -0.142. The lowest BCUT2D eigenvalue weighted by molar-refractivity contribution is -0.140. The van der Waals surface area contributed by atoms with Gasteiger partial charge in [-0.1, -0.05) is 13.0 Å². The number of carbonyl (C=O) groups excluding carboxylic acids is 1. The molecule has 3 aliphatic rings. The number of rotatable bonds is 0. The van der Waals surface area contributed by atoms with E-state index < -0.39 is 0 Å². The number of allylic oxidation sites excluding steroid dienone is 1. The van der Waals surface area contributed by atoms with Gasteiger partial charge in [-0.3, -0.25) is 0 Å². The molecular weight excluding hydrogens is 228 g/mol. The summed E-state index contributed by atoms with van der Waals surface area (Å²) in [4.78, 5) is 12.1. The quantitative estimate of drug-likeness (QED) is 0.658. The van der Waals surface area contributed by atoms with Gasteiger partial charge in [-0.15, -0.1) is 0 Å². The Hall–Kier alpha value is -1.51. The van der Waals surface area contributed by atoms with Gasteiger partial charge in [-0.2, -0.15) is 0 Å². The first kappa shape index (κ1) is 10.4. The summed E-state index contributed by atoms with van der Waals surface area (Å²) in [6, 6.07) is 0. The summed E-state index contributed by atoms with van der Waals surface area (Å²) in [5, 5.41) is 0. The van der Waals surface area contributed by atoms with Crippen LogP contribution in [0.3, 0.4) is 0 Å². The molecule has 3 heteroatoms. The molecule has 1 aromatic rings. The summed E-state index contributed by atoms with van der Waals surface area (Å²) in [5.41, 5.74) is 2.98. The lowest BCUT2D eigenvalue weighted by Crippen LogP contribution is -2.39. The van der Waals surface area contributed by atoms with Crippen LogP contribution < -0.4 is 0 Å². The molecule has 3 unspecified atom stereocenters. The van der Waals surface area contributed by atoms with Crippen molar-refractivity contribution in [2.45, 2.75) is 39.2 Å². The van der Waals surface area contributed by atoms with Gasteiger partial charge in [0.1, 0.15) is 11.9 Å². The van der Waals surface area contributed by atoms with Gasteiger partial charge in [-0.25, -0.2) is 4.79 Å². The number of ether oxygens (including phenoxy) is 1. The van der Waals surface area contributed by atoms with Crippen LogP contribution in [0.2, 0.25) is 0 Å². The first-order valence-corrected chi connectivity index (χ1v) is 6.61. The van der Waals surface area contributed by atoms with Gasteiger partial charge >= 0.3 is 5.97 Å². The predicted molar refractivity (Wildman–Crippen MR) is 64.9 cm³/mol. The molecule has 0 saturated carbocycles. The van der Waals surface area contributed by atoms with Gasteiger partial charge in [0.05, 0.1) is 6.26 Å². The molecule has 1 fully saturated rings. The molecule has 18 heavy (non-hydrogen) atoms. The molecular formula is C15H16O3. The van der Waals surface area contributed by atoms with Crippen LogP contribution in [0, 0.1) is 18.3 Å². The van der Waals surface area contributed by atoms with E-state index in [-0.39, 0.29) is 17.5 Å². The standard InChI is InChI=1S/C15H16O3/c1-8-7-17-11-6-9-4-3-5-10-14(16)18-13(12(8)11)15(9,10)2/h5,7,9,13H,3-4,6H2,1-2H3. The number of carbonyl (C=O) groups is 1. The molecule has 0 bridgehead atoms. The van der Waals surface area contributed by atoms with Crippen LogP contribution in [0.15, 0.2) is 22.3 Å². The zero-order chi connectivity index (χ0) is 12.5. The van der Waals surface area contributed by atoms with Crippen molar-refractivity contribution in [3.63, 3.8) is 0 Å². The highest BCUT2D eigenvalue weighted by atomic mass is 16.6. The van der Waals surface area contributed by atoms with E-state index >= 15 is 0 Å². The first-order valence-electron chi connectivity index (χ1n) is 6.61. The summed E-state index contributed by atoms with van der Waals surface area (Å²) < 4.78 is 11.3. The lowest BCUT2D eigenvalue weighted by atomic mass is 9.59. The lowest BCUT2D eigenvalue weighted by Gasteiger charge is -2.43. The average molecular weight is 244 g/mol. The summed E-state index contributed by atoms with van der Waals surface area (Å²) in [7, 11) is 0. The molecule has 1 aliphatic heterocycles. The second-order valence-electron chi connectivity index (χ2n) is 5.92. The van der Waals surface area contributed by atoms with Crippen molar-refractivity contribution >= 4 is 5.97 Å². The van der Waals surface area contributed by atoms with Crippen molar-refractivity contribution in [1.82, 2.24) is 0 Å². The molecule has 0 aromatic carbocycles. The van der Waals surface area contributed by atoms with Gasteiger partial charge in [0.2, 0.25) is 0 Å². The third-order valence-electron chi connectivity index (χ3n) is 5.08. The highest BCUT2D eigenvalue weighted by Gasteiger charge is 2.59. The molecule has 2 aliphatic carbocycles. The number of hydrogen-bond donors (Lipinski definition) is 0. The Morgan fingerprint density at radius 2 is 2.28 bits per heavy atom. The predicted octanol–water partition coefficient (Wildman–Crippen LogP) is 3.08. The van der Waals surface area contributed by atoms with Gasteiger partial charge in [-0.05, 0) is 31.2 Å². The minimum Gasteiger partial charge on any atom is -0.469 e. The fourth-order valence-corrected chi connectivity index (χ4v) is 4.03. The molecule has 0 spiro atoms. The number of esters is 1. The number of furan rings is 1. The van der Waals surface area contributed by atoms with Crippen molar-refractivity contribution in [3.8, 4) is 0 Å². The Kier molecular flexibility index (Phi) is 1.78. The van der Waals surface area contributed by atoms with E-state index in [0.717, 1.165) is 41.7 Å². The molecule has 4 rings (SSSR count). The van der Waals surface area contributed by atoms with E-state index in [1.807, 2.05) is 6.92 Å². The molecule has 0 radical (unpaired) electrons. The van der Waals surface area contributed by atoms with E-state index in [9.17, 15) is 4.79 Å². The molecule has 3 nitrogen and oxygen atoms in total. The van der Waals surface area contributed by atoms with Crippen LogP contribution >= 0.6 is 0 Å². The van der Waals surface area contributed by atoms with Crippen molar-refractivity contribution in [2.75, 3.05) is 0 Å². The van der Waals surface area contributed by atoms with Crippen LogP contribution in [-0.4, -0.2) is 5.97 Å². The van der Waals surface area contributed by atoms with E-state index in [2.05, 4.69) is 13.0 Å². The Balaban J connectivity index is 1.98. The molecule has 94 valence electrons. The number of hydrogen-bond acceptors (Lipinski definition) is 3. The van der Waals surface area contributed by atoms with Crippen molar-refractivity contribution in [1.29, 1.82) is 0 Å². The Labute approximate surface area is 106 Å². The van der Waals surface area contributed by atoms with Crippen LogP contribution in [0.25, 0.3) is 0 Å². The maximum absolute atomic E-state index is 12.1. The second kappa shape index (κ2) is 3.08. The van der Waals surface area contributed by atoms with Crippen LogP contribution in [0.1, 0.15) is 42.8 Å². The summed E-state index contributed by atoms with van der Waals surface area (Å²) in [5.74, 6) is 1.36. The second-order valence-corrected chi connectivity index (χ2v) is 5.92. The third kappa shape index (κ3) is 0.995. The van der Waals surface area contributed by atoms with Crippen molar-refractivity contribution < 1.29 is 13.9 Å². The molecule has 2 heterocycles. The van der Waals surface area contributed by atoms with E-state index in [1.54, 1.807) is 6.26 Å². The van der Waals surface area contributed by atoms with Crippen molar-refractivity contribution in [3.05, 3.63) is 34.8 Å². The zero-order valence-corrected chi connectivity index (χ0v) is 10.7. The number of fused-ring (bicyclic) bond motifs is 2. The Bertz CT molecular complexity index is 581. The maximum Gasteiger partial charge on any atom is 0.335 e. The van der Waals surface area contributed by atoms with Gasteiger partial charge in [0.15, 0.2) is 0 Å². The summed E-state index contributed by atoms with van der Waals surface area (Å²) in [6.45, 7) is 4.22. The fraction of sp³-hybridized carbons (Fsp3) is 0.533. The normalized spacial score (nSPS) is 36.8. The van der Waals surface area contributed by atoms with E-state index in [1.165, 1.54) is 0 Å². The van der Waals surface area contributed by atoms with E-state index in [0.29, 0.717) is 5.92 Å². The SMILES string of the molecule is Cc1coc2c1C1OC(=O)C3=CCCC(C2)C31C. The first-order chi connectivity index (χ1) is 8.62. The zero-order valence-electron chi connectivity index (χ0n) is 10.7. The highest BCUT2D eigenvalue weighted by molar-refractivity contribution is 5.93. The summed E-state index contributed by atoms with van der Waals surface area (Å²) >= 11 is 0. The summed E-state index contributed by atoms with van der Waals surface area (Å²) in [6.07, 6.45) is 6.77. The smallest absolute Gasteiger partial charge is 0.335 e. The molecule has 0 N–H and O–H groups in total. The number of aryl methyl sites for hydroxylation is 1. The average Bonchev–Trinajstić information content (AvgIpc) is 2.81. The van der Waals surface area contributed by atoms with Gasteiger partial charge in [0.25, 0.3) is 0 Å². The van der Waals surface area contributed by atoms with Crippen LogP contribution in [-0.2, 0) is 16.0 Å². The van der Waals surface area contributed by atoms with Gasteiger partial charge < -0.3 is 9.15 Å². The molecule has 3 atom stereocenters. The Morgan fingerprint density at radius 1 is 1.44 bits per heavy atom. The molecule has 0 amide bonds. The topological polar surface area (TPSA) is 39.4 Å². The largest absolute Gasteiger partial charge is 0.469 e. The third-order valence-corrected chi connectivity index (χ3v) is 5.08. The van der Waals surface area contributed by atoms with Gasteiger partial charge in [0, 0.05) is 23.0 Å². The van der Waals surface area contributed by atoms with E-state index in [4.69, 9.17) is 9.15 Å². The highest BCUT2D eigenvalue weighted by Crippen LogP contribution is 2.61. The fourth-order valence-electron chi connectivity index (χ4n) is 4.03. The molecule has 1 saturated heterocycles. The van der Waals surface area contributed by atoms with Crippen molar-refractivity contribution in [2.24, 2.45) is 11.3 Å².